The van der Waals surface area contributed by atoms with Crippen LogP contribution in [0.2, 0.25) is 0 Å². The molecule has 1 aromatic carbocycles. The van der Waals surface area contributed by atoms with Crippen molar-refractivity contribution >= 4 is 22.4 Å². The summed E-state index contributed by atoms with van der Waals surface area (Å²) < 4.78 is 0. The maximum Gasteiger partial charge on any atom is 0.257 e. The Hall–Kier alpha value is -2.16. The number of carbonyl (C=O) groups is 1. The van der Waals surface area contributed by atoms with Gasteiger partial charge in [-0.05, 0) is 31.2 Å². The number of nitrogens with zero attached hydrogens (tertiary/aromatic N) is 1. The molecule has 0 spiro atoms. The van der Waals surface area contributed by atoms with Gasteiger partial charge in [-0.15, -0.1) is 11.3 Å². The quantitative estimate of drug-likeness (QED) is 0.852. The van der Waals surface area contributed by atoms with Crippen LogP contribution in [-0.2, 0) is 0 Å². The van der Waals surface area contributed by atoms with Crippen molar-refractivity contribution < 1.29 is 9.90 Å². The molecule has 0 aliphatic heterocycles. The van der Waals surface area contributed by atoms with Gasteiger partial charge < -0.3 is 5.11 Å². The molecule has 2 N–H and O–H groups in total. The first-order valence-electron chi connectivity index (χ1n) is 6.12. The molecule has 102 valence electrons. The predicted octanol–water partition coefficient (Wildman–Crippen LogP) is 2.44. The van der Waals surface area contributed by atoms with E-state index in [4.69, 9.17) is 5.11 Å². The third-order valence-electron chi connectivity index (χ3n) is 2.46. The van der Waals surface area contributed by atoms with Crippen molar-refractivity contribution in [3.05, 3.63) is 46.5 Å². The molecule has 0 radical (unpaired) electrons. The van der Waals surface area contributed by atoms with Crippen LogP contribution in [0.4, 0.5) is 5.13 Å². The van der Waals surface area contributed by atoms with Crippen LogP contribution in [0.5, 0.6) is 0 Å². The Bertz CT molecular complexity index is 651. The van der Waals surface area contributed by atoms with Gasteiger partial charge in [-0.1, -0.05) is 11.8 Å². The van der Waals surface area contributed by atoms with Crippen LogP contribution in [0.15, 0.2) is 29.6 Å². The lowest BCUT2D eigenvalue weighted by atomic mass is 10.1. The van der Waals surface area contributed by atoms with Crippen LogP contribution in [0.3, 0.4) is 0 Å². The van der Waals surface area contributed by atoms with E-state index in [-0.39, 0.29) is 12.5 Å². The van der Waals surface area contributed by atoms with Crippen LogP contribution in [-0.4, -0.2) is 22.6 Å². The Morgan fingerprint density at radius 3 is 2.75 bits per heavy atom. The summed E-state index contributed by atoms with van der Waals surface area (Å²) in [5.41, 5.74) is 2.27. The average molecular weight is 286 g/mol. The van der Waals surface area contributed by atoms with Crippen LogP contribution < -0.4 is 5.32 Å². The molecule has 0 aliphatic rings. The van der Waals surface area contributed by atoms with E-state index in [1.54, 1.807) is 24.3 Å². The molecule has 0 fully saturated rings. The van der Waals surface area contributed by atoms with Crippen molar-refractivity contribution in [3.63, 3.8) is 0 Å². The molecule has 0 saturated heterocycles. The van der Waals surface area contributed by atoms with Gasteiger partial charge in [-0.2, -0.15) is 0 Å². The Balaban J connectivity index is 2.02. The van der Waals surface area contributed by atoms with E-state index in [1.165, 1.54) is 11.3 Å². The predicted molar refractivity (Wildman–Crippen MR) is 79.8 cm³/mol. The van der Waals surface area contributed by atoms with E-state index in [9.17, 15) is 4.79 Å². The molecule has 0 aliphatic carbocycles. The van der Waals surface area contributed by atoms with E-state index in [1.807, 2.05) is 12.3 Å². The third-order valence-corrected chi connectivity index (χ3v) is 3.33. The fourth-order valence-corrected chi connectivity index (χ4v) is 2.19. The Morgan fingerprint density at radius 2 is 2.15 bits per heavy atom. The van der Waals surface area contributed by atoms with E-state index < -0.39 is 0 Å². The minimum atomic E-state index is -0.186. The van der Waals surface area contributed by atoms with Gasteiger partial charge in [0.25, 0.3) is 5.91 Å². The second-order valence-corrected chi connectivity index (χ2v) is 4.96. The first-order valence-corrected chi connectivity index (χ1v) is 7.00. The van der Waals surface area contributed by atoms with Gasteiger partial charge in [0.15, 0.2) is 5.13 Å². The standard InChI is InChI=1S/C15H14N2O2S/c1-11-10-20-15(16-11)17-14(19)13-7-5-12(6-8-13)4-2-3-9-18/h5-8,10,18H,3,9H2,1H3,(H,16,17,19). The van der Waals surface area contributed by atoms with Gasteiger partial charge in [0.1, 0.15) is 0 Å². The lowest BCUT2D eigenvalue weighted by molar-refractivity contribution is 0.102. The number of rotatable bonds is 3. The first kappa shape index (κ1) is 14.3. The number of hydrogen-bond acceptors (Lipinski definition) is 4. The zero-order chi connectivity index (χ0) is 14.4. The van der Waals surface area contributed by atoms with Gasteiger partial charge in [-0.25, -0.2) is 4.98 Å². The number of benzene rings is 1. The normalized spacial score (nSPS) is 9.70. The molecule has 5 heteroatoms. The average Bonchev–Trinajstić information content (AvgIpc) is 2.85. The van der Waals surface area contributed by atoms with E-state index in [0.717, 1.165) is 11.3 Å². The Kier molecular flexibility index (Phi) is 4.88. The number of aliphatic hydroxyl groups excluding tert-OH is 1. The zero-order valence-electron chi connectivity index (χ0n) is 11.0. The van der Waals surface area contributed by atoms with Crippen molar-refractivity contribution in [2.24, 2.45) is 0 Å². The number of aromatic nitrogens is 1. The van der Waals surface area contributed by atoms with Crippen molar-refractivity contribution in [1.82, 2.24) is 4.98 Å². The summed E-state index contributed by atoms with van der Waals surface area (Å²) in [6.45, 7) is 1.94. The second kappa shape index (κ2) is 6.85. The van der Waals surface area contributed by atoms with Crippen LogP contribution in [0, 0.1) is 18.8 Å². The molecule has 0 atom stereocenters. The number of anilines is 1. The Labute approximate surface area is 121 Å². The minimum Gasteiger partial charge on any atom is -0.395 e. The Morgan fingerprint density at radius 1 is 1.40 bits per heavy atom. The largest absolute Gasteiger partial charge is 0.395 e. The minimum absolute atomic E-state index is 0.0563. The van der Waals surface area contributed by atoms with Gasteiger partial charge in [-0.3, -0.25) is 10.1 Å². The fraction of sp³-hybridized carbons (Fsp3) is 0.200. The lowest BCUT2D eigenvalue weighted by Crippen LogP contribution is -2.11. The van der Waals surface area contributed by atoms with Gasteiger partial charge in [0.2, 0.25) is 0 Å². The summed E-state index contributed by atoms with van der Waals surface area (Å²) in [6, 6.07) is 7.01. The number of amides is 1. The molecule has 1 aromatic heterocycles. The number of aryl methyl sites for hydroxylation is 1. The van der Waals surface area contributed by atoms with E-state index in [2.05, 4.69) is 22.1 Å². The molecule has 2 rings (SSSR count). The van der Waals surface area contributed by atoms with Crippen molar-refractivity contribution in [3.8, 4) is 11.8 Å². The highest BCUT2D eigenvalue weighted by molar-refractivity contribution is 7.13. The smallest absolute Gasteiger partial charge is 0.257 e. The van der Waals surface area contributed by atoms with Crippen LogP contribution in [0.25, 0.3) is 0 Å². The molecule has 4 nitrogen and oxygen atoms in total. The summed E-state index contributed by atoms with van der Waals surface area (Å²) in [6.07, 6.45) is 0.450. The van der Waals surface area contributed by atoms with Crippen molar-refractivity contribution in [1.29, 1.82) is 0 Å². The highest BCUT2D eigenvalue weighted by atomic mass is 32.1. The second-order valence-electron chi connectivity index (χ2n) is 4.10. The number of hydrogen-bond donors (Lipinski definition) is 2. The fourth-order valence-electron chi connectivity index (χ4n) is 1.51. The molecular weight excluding hydrogens is 272 g/mol. The molecule has 0 saturated carbocycles. The highest BCUT2D eigenvalue weighted by Gasteiger charge is 2.07. The van der Waals surface area contributed by atoms with E-state index >= 15 is 0 Å². The molecule has 1 amide bonds. The van der Waals surface area contributed by atoms with Crippen molar-refractivity contribution in [2.75, 3.05) is 11.9 Å². The number of nitrogens with one attached hydrogen (secondary N) is 1. The van der Waals surface area contributed by atoms with Gasteiger partial charge >= 0.3 is 0 Å². The zero-order valence-corrected chi connectivity index (χ0v) is 11.8. The summed E-state index contributed by atoms with van der Waals surface area (Å²) in [7, 11) is 0. The van der Waals surface area contributed by atoms with Crippen LogP contribution in [0.1, 0.15) is 28.0 Å². The maximum absolute atomic E-state index is 12.0. The monoisotopic (exact) mass is 286 g/mol. The van der Waals surface area contributed by atoms with E-state index in [0.29, 0.717) is 17.1 Å². The summed E-state index contributed by atoms with van der Waals surface area (Å²) in [5, 5.41) is 13.9. The summed E-state index contributed by atoms with van der Waals surface area (Å²) >= 11 is 1.40. The number of aliphatic hydroxyl groups is 1. The van der Waals surface area contributed by atoms with Crippen molar-refractivity contribution in [2.45, 2.75) is 13.3 Å². The molecular formula is C15H14N2O2S. The molecule has 2 aromatic rings. The summed E-state index contributed by atoms with van der Waals surface area (Å²) in [4.78, 5) is 16.2. The lowest BCUT2D eigenvalue weighted by Gasteiger charge is -2.01. The van der Waals surface area contributed by atoms with Gasteiger partial charge in [0, 0.05) is 22.9 Å². The van der Waals surface area contributed by atoms with Gasteiger partial charge in [0.05, 0.1) is 12.3 Å². The topological polar surface area (TPSA) is 62.2 Å². The SMILES string of the molecule is Cc1csc(NC(=O)c2ccc(C#CCCO)cc2)n1. The highest BCUT2D eigenvalue weighted by Crippen LogP contribution is 2.15. The molecule has 1 heterocycles. The molecule has 0 unspecified atom stereocenters. The van der Waals surface area contributed by atoms with Crippen LogP contribution >= 0.6 is 11.3 Å². The number of thiazole rings is 1. The summed E-state index contributed by atoms with van der Waals surface area (Å²) in [5.74, 6) is 5.56. The molecule has 20 heavy (non-hydrogen) atoms. The maximum atomic E-state index is 12.0. The number of carbonyl (C=O) groups excluding carboxylic acids is 1. The molecule has 0 bridgehead atoms. The first-order chi connectivity index (χ1) is 9.69. The third kappa shape index (κ3) is 3.92.